The molecule has 12 heteroatoms. The average Bonchev–Trinajstić information content (AvgIpc) is 2.86. The Labute approximate surface area is 209 Å². The monoisotopic (exact) mass is 513 g/mol. The zero-order chi connectivity index (χ0) is 26.3. The van der Waals surface area contributed by atoms with Gasteiger partial charge in [-0.25, -0.2) is 14.4 Å². The largest absolute Gasteiger partial charge is 0.435 e. The van der Waals surface area contributed by atoms with E-state index in [9.17, 15) is 22.4 Å². The first-order valence-corrected chi connectivity index (χ1v) is 11.6. The quantitative estimate of drug-likeness (QED) is 0.385. The molecular formula is C25H23F4N7O. The Morgan fingerprint density at radius 3 is 2.38 bits per heavy atom. The van der Waals surface area contributed by atoms with Crippen molar-refractivity contribution < 1.29 is 17.6 Å². The van der Waals surface area contributed by atoms with Crippen molar-refractivity contribution in [3.8, 4) is 0 Å². The second kappa shape index (κ2) is 9.41. The molecule has 37 heavy (non-hydrogen) atoms. The second-order valence-electron chi connectivity index (χ2n) is 8.87. The first-order valence-electron chi connectivity index (χ1n) is 11.6. The SMILES string of the molecule is Cc1cnc2cc(N3CCN(c4c(C)cccc4F)CC3)c(=O)n(Cc3nccnc3C(F)(F)F)c2n1. The minimum absolute atomic E-state index is 0.160. The van der Waals surface area contributed by atoms with Crippen molar-refractivity contribution in [2.45, 2.75) is 26.6 Å². The molecule has 8 nitrogen and oxygen atoms in total. The third kappa shape index (κ3) is 4.70. The summed E-state index contributed by atoms with van der Waals surface area (Å²) in [6.07, 6.45) is -1.08. The predicted octanol–water partition coefficient (Wildman–Crippen LogP) is 3.73. The van der Waals surface area contributed by atoms with Crippen molar-refractivity contribution in [2.75, 3.05) is 36.0 Å². The van der Waals surface area contributed by atoms with Gasteiger partial charge < -0.3 is 9.80 Å². The summed E-state index contributed by atoms with van der Waals surface area (Å²) in [5, 5.41) is 0. The summed E-state index contributed by atoms with van der Waals surface area (Å²) < 4.78 is 56.4. The molecule has 192 valence electrons. The molecule has 0 amide bonds. The fourth-order valence-corrected chi connectivity index (χ4v) is 4.64. The maximum atomic E-state index is 14.5. The van der Waals surface area contributed by atoms with Crippen molar-refractivity contribution in [1.82, 2.24) is 24.5 Å². The normalized spacial score (nSPS) is 14.4. The van der Waals surface area contributed by atoms with Crippen LogP contribution in [-0.4, -0.2) is 50.7 Å². The van der Waals surface area contributed by atoms with E-state index < -0.39 is 29.7 Å². The number of fused-ring (bicyclic) bond motifs is 1. The molecule has 0 bridgehead atoms. The summed E-state index contributed by atoms with van der Waals surface area (Å²) in [5.74, 6) is -0.309. The van der Waals surface area contributed by atoms with Crippen molar-refractivity contribution >= 4 is 22.5 Å². The van der Waals surface area contributed by atoms with Gasteiger partial charge in [0.05, 0.1) is 23.6 Å². The minimum Gasteiger partial charge on any atom is -0.365 e. The van der Waals surface area contributed by atoms with Crippen molar-refractivity contribution in [1.29, 1.82) is 0 Å². The third-order valence-electron chi connectivity index (χ3n) is 6.37. The van der Waals surface area contributed by atoms with Crippen LogP contribution in [0, 0.1) is 19.7 Å². The highest BCUT2D eigenvalue weighted by Crippen LogP contribution is 2.30. The van der Waals surface area contributed by atoms with Gasteiger partial charge in [0.1, 0.15) is 17.0 Å². The van der Waals surface area contributed by atoms with Crippen molar-refractivity contribution in [3.05, 3.63) is 81.7 Å². The lowest BCUT2D eigenvalue weighted by molar-refractivity contribution is -0.142. The molecule has 0 aliphatic carbocycles. The van der Waals surface area contributed by atoms with Crippen molar-refractivity contribution in [2.24, 2.45) is 0 Å². The zero-order valence-corrected chi connectivity index (χ0v) is 20.1. The number of pyridine rings is 1. The fourth-order valence-electron chi connectivity index (χ4n) is 4.64. The molecular weight excluding hydrogens is 490 g/mol. The van der Waals surface area contributed by atoms with Crippen LogP contribution in [0.3, 0.4) is 0 Å². The zero-order valence-electron chi connectivity index (χ0n) is 20.1. The summed E-state index contributed by atoms with van der Waals surface area (Å²) in [7, 11) is 0. The molecule has 0 radical (unpaired) electrons. The summed E-state index contributed by atoms with van der Waals surface area (Å²) in [6.45, 7) is 4.79. The smallest absolute Gasteiger partial charge is 0.365 e. The molecule has 4 aromatic rings. The molecule has 0 spiro atoms. The van der Waals surface area contributed by atoms with E-state index in [4.69, 9.17) is 0 Å². The van der Waals surface area contributed by atoms with Crippen LogP contribution in [-0.2, 0) is 12.7 Å². The first-order chi connectivity index (χ1) is 17.6. The number of rotatable bonds is 4. The Hall–Kier alpha value is -4.09. The highest BCUT2D eigenvalue weighted by atomic mass is 19.4. The van der Waals surface area contributed by atoms with Crippen LogP contribution >= 0.6 is 0 Å². The maximum absolute atomic E-state index is 14.5. The van der Waals surface area contributed by atoms with Crippen LogP contribution in [0.4, 0.5) is 28.9 Å². The number of halogens is 4. The number of anilines is 2. The number of hydrogen-bond donors (Lipinski definition) is 0. The fraction of sp³-hybridized carbons (Fsp3) is 0.320. The van der Waals surface area contributed by atoms with Crippen LogP contribution < -0.4 is 15.4 Å². The highest BCUT2D eigenvalue weighted by Gasteiger charge is 2.36. The lowest BCUT2D eigenvalue weighted by atomic mass is 10.1. The average molecular weight is 513 g/mol. The number of para-hydroxylation sites is 1. The van der Waals surface area contributed by atoms with E-state index in [0.717, 1.165) is 22.5 Å². The lowest BCUT2D eigenvalue weighted by Crippen LogP contribution is -2.49. The van der Waals surface area contributed by atoms with Gasteiger partial charge in [0, 0.05) is 44.8 Å². The number of aromatic nitrogens is 5. The standard InChI is InChI=1S/C25H23F4N7O/c1-15-4-3-5-17(26)21(15)35-10-8-34(9-11-35)20-12-18-23(33-16(2)13-32-18)36(24(20)37)14-19-22(25(27,28)29)31-7-6-30-19/h3-7,12-13H,8-11,14H2,1-2H3. The number of alkyl halides is 3. The molecule has 1 aliphatic heterocycles. The van der Waals surface area contributed by atoms with Gasteiger partial charge >= 0.3 is 6.18 Å². The van der Waals surface area contributed by atoms with E-state index in [1.54, 1.807) is 19.1 Å². The number of nitrogens with zero attached hydrogens (tertiary/aromatic N) is 7. The van der Waals surface area contributed by atoms with Crippen molar-refractivity contribution in [3.63, 3.8) is 0 Å². The van der Waals surface area contributed by atoms with E-state index >= 15 is 0 Å². The lowest BCUT2D eigenvalue weighted by Gasteiger charge is -2.37. The molecule has 5 rings (SSSR count). The minimum atomic E-state index is -4.73. The molecule has 0 saturated carbocycles. The molecule has 4 heterocycles. The number of piperazine rings is 1. The van der Waals surface area contributed by atoms with E-state index in [2.05, 4.69) is 19.9 Å². The predicted molar refractivity (Wildman–Crippen MR) is 130 cm³/mol. The second-order valence-corrected chi connectivity index (χ2v) is 8.87. The Balaban J connectivity index is 1.53. The first kappa shape index (κ1) is 24.6. The van der Waals surface area contributed by atoms with Crippen LogP contribution in [0.15, 0.2) is 47.7 Å². The van der Waals surface area contributed by atoms with Gasteiger partial charge in [-0.3, -0.25) is 19.3 Å². The summed E-state index contributed by atoms with van der Waals surface area (Å²) in [6, 6.07) is 6.52. The Bertz CT molecular complexity index is 1510. The number of benzene rings is 1. The van der Waals surface area contributed by atoms with E-state index in [0.29, 0.717) is 43.1 Å². The summed E-state index contributed by atoms with van der Waals surface area (Å²) in [4.78, 5) is 33.5. The van der Waals surface area contributed by atoms with Gasteiger partial charge in [-0.05, 0) is 31.5 Å². The topological polar surface area (TPSA) is 80.0 Å². The van der Waals surface area contributed by atoms with E-state index in [-0.39, 0.29) is 17.2 Å². The summed E-state index contributed by atoms with van der Waals surface area (Å²) in [5.41, 5.74) is 0.609. The Kier molecular flexibility index (Phi) is 6.26. The van der Waals surface area contributed by atoms with Gasteiger partial charge in [0.15, 0.2) is 11.3 Å². The Morgan fingerprint density at radius 1 is 0.973 bits per heavy atom. The van der Waals surface area contributed by atoms with Gasteiger partial charge in [0.2, 0.25) is 0 Å². The Morgan fingerprint density at radius 2 is 1.68 bits per heavy atom. The van der Waals surface area contributed by atoms with Crippen LogP contribution in [0.1, 0.15) is 22.6 Å². The maximum Gasteiger partial charge on any atom is 0.435 e. The summed E-state index contributed by atoms with van der Waals surface area (Å²) >= 11 is 0. The molecule has 0 unspecified atom stereocenters. The molecule has 3 aromatic heterocycles. The van der Waals surface area contributed by atoms with Gasteiger partial charge in [-0.15, -0.1) is 0 Å². The molecule has 1 fully saturated rings. The number of aryl methyl sites for hydroxylation is 2. The highest BCUT2D eigenvalue weighted by molar-refractivity contribution is 5.75. The van der Waals surface area contributed by atoms with Crippen LogP contribution in [0.5, 0.6) is 0 Å². The molecule has 0 atom stereocenters. The van der Waals surface area contributed by atoms with Crippen LogP contribution in [0.2, 0.25) is 0 Å². The van der Waals surface area contributed by atoms with Gasteiger partial charge in [0.25, 0.3) is 5.56 Å². The third-order valence-corrected chi connectivity index (χ3v) is 6.37. The van der Waals surface area contributed by atoms with Crippen LogP contribution in [0.25, 0.3) is 11.2 Å². The van der Waals surface area contributed by atoms with Gasteiger partial charge in [-0.1, -0.05) is 12.1 Å². The molecule has 0 N–H and O–H groups in total. The molecule has 1 saturated heterocycles. The molecule has 1 aromatic carbocycles. The van der Waals surface area contributed by atoms with E-state index in [1.165, 1.54) is 12.3 Å². The van der Waals surface area contributed by atoms with E-state index in [1.807, 2.05) is 22.8 Å². The molecule has 1 aliphatic rings. The van der Waals surface area contributed by atoms with Gasteiger partial charge in [-0.2, -0.15) is 13.2 Å². The number of hydrogen-bond acceptors (Lipinski definition) is 7.